The number of hydrogen-bond donors (Lipinski definition) is 0. The fourth-order valence-electron chi connectivity index (χ4n) is 1.42. The Morgan fingerprint density at radius 1 is 1.27 bits per heavy atom. The molecule has 1 unspecified atom stereocenters. The summed E-state index contributed by atoms with van der Waals surface area (Å²) < 4.78 is 19.2. The van der Waals surface area contributed by atoms with E-state index < -0.39 is 6.93 Å². The second kappa shape index (κ2) is 20.8. The predicted molar refractivity (Wildman–Crippen MR) is 60.7 cm³/mol. The van der Waals surface area contributed by atoms with E-state index in [0.717, 1.165) is 5.92 Å². The molecular formula is C11H26F2KN. The molecule has 15 heavy (non-hydrogen) atoms. The standard InChI is InChI=1S/C7H15N.C2H6.CH2F2.CH3.K/c1-7-4-3-5-8(2)6-7;1-2;2-1-3;;/h7H,3-6H2,1-2H3;1-2H3;1H2;1H3;/q;;;-1;+1. The van der Waals surface area contributed by atoms with E-state index in [1.807, 2.05) is 13.8 Å². The molecule has 1 aliphatic heterocycles. The molecule has 0 saturated carbocycles. The fourth-order valence-corrected chi connectivity index (χ4v) is 1.42. The molecule has 0 aromatic rings. The summed E-state index contributed by atoms with van der Waals surface area (Å²) in [4.78, 5) is 2.41. The molecule has 0 spiro atoms. The van der Waals surface area contributed by atoms with Crippen LogP contribution >= 0.6 is 0 Å². The topological polar surface area (TPSA) is 3.24 Å². The first-order valence-electron chi connectivity index (χ1n) is 5.01. The zero-order valence-electron chi connectivity index (χ0n) is 11.3. The average molecular weight is 249 g/mol. The molecule has 0 aromatic carbocycles. The third-order valence-corrected chi connectivity index (χ3v) is 1.86. The number of rotatable bonds is 0. The van der Waals surface area contributed by atoms with Crippen LogP contribution in [0.15, 0.2) is 0 Å². The molecule has 1 atom stereocenters. The van der Waals surface area contributed by atoms with Crippen LogP contribution in [0.3, 0.4) is 0 Å². The van der Waals surface area contributed by atoms with Gasteiger partial charge in [-0.1, -0.05) is 20.8 Å². The average Bonchev–Trinajstić information content (AvgIpc) is 2.08. The number of hydrogen-bond acceptors (Lipinski definition) is 1. The van der Waals surface area contributed by atoms with Crippen molar-refractivity contribution in [2.45, 2.75) is 33.6 Å². The quantitative estimate of drug-likeness (QED) is 0.451. The van der Waals surface area contributed by atoms with Gasteiger partial charge in [-0.3, -0.25) is 0 Å². The number of likely N-dealkylation sites (tertiary alicyclic amines) is 1. The Labute approximate surface area is 137 Å². The van der Waals surface area contributed by atoms with Gasteiger partial charge in [-0.2, -0.15) is 0 Å². The van der Waals surface area contributed by atoms with Gasteiger partial charge in [0.05, 0.1) is 0 Å². The number of halogens is 2. The largest absolute Gasteiger partial charge is 1.00 e. The fraction of sp³-hybridized carbons (Fsp3) is 0.909. The van der Waals surface area contributed by atoms with Crippen LogP contribution in [0.1, 0.15) is 33.6 Å². The number of alkyl halides is 2. The molecule has 0 aromatic heterocycles. The van der Waals surface area contributed by atoms with Crippen LogP contribution in [-0.4, -0.2) is 32.0 Å². The van der Waals surface area contributed by atoms with E-state index in [-0.39, 0.29) is 58.8 Å². The van der Waals surface area contributed by atoms with Crippen molar-refractivity contribution in [3.05, 3.63) is 7.43 Å². The van der Waals surface area contributed by atoms with E-state index in [1.54, 1.807) is 0 Å². The van der Waals surface area contributed by atoms with Crippen LogP contribution in [0.5, 0.6) is 0 Å². The first-order valence-corrected chi connectivity index (χ1v) is 5.01. The summed E-state index contributed by atoms with van der Waals surface area (Å²) in [7, 11) is 2.20. The van der Waals surface area contributed by atoms with Crippen molar-refractivity contribution in [3.63, 3.8) is 0 Å². The van der Waals surface area contributed by atoms with Gasteiger partial charge in [0.15, 0.2) is 0 Å². The smallest absolute Gasteiger partial charge is 0.358 e. The Kier molecular flexibility index (Phi) is 35.2. The van der Waals surface area contributed by atoms with E-state index in [2.05, 4.69) is 18.9 Å². The molecule has 90 valence electrons. The second-order valence-corrected chi connectivity index (χ2v) is 3.11. The van der Waals surface area contributed by atoms with E-state index in [1.165, 1.54) is 25.9 Å². The van der Waals surface area contributed by atoms with E-state index in [4.69, 9.17) is 0 Å². The normalized spacial score (nSPS) is 19.2. The van der Waals surface area contributed by atoms with Crippen LogP contribution in [0.2, 0.25) is 0 Å². The van der Waals surface area contributed by atoms with Gasteiger partial charge in [0.2, 0.25) is 6.93 Å². The summed E-state index contributed by atoms with van der Waals surface area (Å²) in [5.41, 5.74) is 0. The zero-order valence-corrected chi connectivity index (χ0v) is 14.4. The van der Waals surface area contributed by atoms with Crippen LogP contribution in [0, 0.1) is 13.3 Å². The first-order chi connectivity index (χ1) is 6.20. The number of piperidine rings is 1. The summed E-state index contributed by atoms with van der Waals surface area (Å²) in [5.74, 6) is 0.939. The van der Waals surface area contributed by atoms with Gasteiger partial charge >= 0.3 is 51.4 Å². The minimum absolute atomic E-state index is 0. The summed E-state index contributed by atoms with van der Waals surface area (Å²) in [5, 5.41) is 0. The van der Waals surface area contributed by atoms with Crippen molar-refractivity contribution in [1.29, 1.82) is 0 Å². The Balaban J connectivity index is -0.0000000763. The maximum atomic E-state index is 9.62. The number of nitrogens with zero attached hydrogens (tertiary/aromatic N) is 1. The Morgan fingerprint density at radius 3 is 1.87 bits per heavy atom. The van der Waals surface area contributed by atoms with Crippen molar-refractivity contribution >= 4 is 0 Å². The zero-order chi connectivity index (χ0) is 10.7. The molecule has 1 fully saturated rings. The second-order valence-electron chi connectivity index (χ2n) is 3.11. The maximum Gasteiger partial charge on any atom is 1.00 e. The van der Waals surface area contributed by atoms with Crippen molar-refractivity contribution in [1.82, 2.24) is 4.90 Å². The Morgan fingerprint density at radius 2 is 1.67 bits per heavy atom. The molecule has 1 heterocycles. The van der Waals surface area contributed by atoms with Gasteiger partial charge in [-0.15, -0.1) is 0 Å². The minimum Gasteiger partial charge on any atom is -0.358 e. The van der Waals surface area contributed by atoms with Gasteiger partial charge in [-0.25, -0.2) is 8.78 Å². The molecule has 0 radical (unpaired) electrons. The summed E-state index contributed by atoms with van der Waals surface area (Å²) >= 11 is 0. The summed E-state index contributed by atoms with van der Waals surface area (Å²) in [6.07, 6.45) is 2.84. The molecule has 1 aliphatic rings. The van der Waals surface area contributed by atoms with Gasteiger partial charge in [0.25, 0.3) is 0 Å². The Bertz CT molecular complexity index is 86.7. The van der Waals surface area contributed by atoms with Crippen LogP contribution in [-0.2, 0) is 0 Å². The molecule has 0 aliphatic carbocycles. The van der Waals surface area contributed by atoms with Crippen LogP contribution in [0.4, 0.5) is 8.78 Å². The summed E-state index contributed by atoms with van der Waals surface area (Å²) in [6, 6.07) is 0. The molecule has 0 amide bonds. The third kappa shape index (κ3) is 21.3. The van der Waals surface area contributed by atoms with E-state index >= 15 is 0 Å². The molecule has 1 nitrogen and oxygen atoms in total. The third-order valence-electron chi connectivity index (χ3n) is 1.86. The molecule has 0 N–H and O–H groups in total. The molecule has 1 saturated heterocycles. The van der Waals surface area contributed by atoms with Gasteiger partial charge in [0.1, 0.15) is 0 Å². The molecular weight excluding hydrogens is 223 g/mol. The van der Waals surface area contributed by atoms with Crippen molar-refractivity contribution in [2.24, 2.45) is 5.92 Å². The van der Waals surface area contributed by atoms with E-state index in [9.17, 15) is 8.78 Å². The van der Waals surface area contributed by atoms with Gasteiger partial charge < -0.3 is 12.3 Å². The van der Waals surface area contributed by atoms with E-state index in [0.29, 0.717) is 0 Å². The molecule has 4 heteroatoms. The summed E-state index contributed by atoms with van der Waals surface area (Å²) in [6.45, 7) is 7.19. The van der Waals surface area contributed by atoms with Crippen LogP contribution < -0.4 is 51.4 Å². The predicted octanol–water partition coefficient (Wildman–Crippen LogP) is 0.711. The minimum atomic E-state index is -1.75. The van der Waals surface area contributed by atoms with Crippen LogP contribution in [0.25, 0.3) is 0 Å². The monoisotopic (exact) mass is 249 g/mol. The molecule has 0 bridgehead atoms. The SMILES string of the molecule is CC.CC1CCCN(C)C1.FCF.[CH3-].[K+]. The van der Waals surface area contributed by atoms with Crippen molar-refractivity contribution < 1.29 is 60.2 Å². The molecule has 1 rings (SSSR count). The van der Waals surface area contributed by atoms with Crippen molar-refractivity contribution in [2.75, 3.05) is 27.1 Å². The van der Waals surface area contributed by atoms with Crippen molar-refractivity contribution in [3.8, 4) is 0 Å². The maximum absolute atomic E-state index is 9.62. The first kappa shape index (κ1) is 25.3. The van der Waals surface area contributed by atoms with Gasteiger partial charge in [-0.05, 0) is 32.4 Å². The Hall–Kier alpha value is 1.46. The van der Waals surface area contributed by atoms with Gasteiger partial charge in [0, 0.05) is 6.54 Å².